The second-order valence-corrected chi connectivity index (χ2v) is 7.26. The van der Waals surface area contributed by atoms with Crippen molar-refractivity contribution >= 4 is 0 Å². The summed E-state index contributed by atoms with van der Waals surface area (Å²) in [6.07, 6.45) is 12.2. The van der Waals surface area contributed by atoms with Crippen LogP contribution in [0, 0.1) is 0 Å². The van der Waals surface area contributed by atoms with E-state index in [4.69, 9.17) is 11.5 Å². The van der Waals surface area contributed by atoms with E-state index in [1.165, 1.54) is 11.1 Å². The topological polar surface area (TPSA) is 64.1 Å². The maximum absolute atomic E-state index is 6.04. The molecule has 0 saturated heterocycles. The zero-order chi connectivity index (χ0) is 20.1. The van der Waals surface area contributed by atoms with Gasteiger partial charge in [0.15, 0.2) is 0 Å². The molecule has 0 saturated carbocycles. The summed E-state index contributed by atoms with van der Waals surface area (Å²) in [4.78, 5) is 0. The van der Waals surface area contributed by atoms with Gasteiger partial charge in [-0.15, -0.1) is 0 Å². The first-order valence-electron chi connectivity index (χ1n) is 9.90. The second kappa shape index (κ2) is 13.1. The smallest absolute Gasteiger partial charge is 0.0465 e. The SMILES string of the molecule is C=C(C)C(/C=C(\C)C/C=C\C(N)=C/CCC(N)CC)NCc1ccccc1. The van der Waals surface area contributed by atoms with Gasteiger partial charge in [-0.25, -0.2) is 0 Å². The minimum absolute atomic E-state index is 0.169. The van der Waals surface area contributed by atoms with Gasteiger partial charge in [0, 0.05) is 24.3 Å². The van der Waals surface area contributed by atoms with E-state index in [9.17, 15) is 0 Å². The molecule has 148 valence electrons. The lowest BCUT2D eigenvalue weighted by molar-refractivity contribution is 0.602. The summed E-state index contributed by atoms with van der Waals surface area (Å²) in [6, 6.07) is 10.9. The van der Waals surface area contributed by atoms with E-state index in [2.05, 4.69) is 75.2 Å². The normalized spacial score (nSPS) is 15.1. The van der Waals surface area contributed by atoms with E-state index < -0.39 is 0 Å². The standard InChI is InChI=1S/C24H37N3/c1-5-22(25)14-10-16-23(26)15-9-11-20(4)17-24(19(2)3)27-18-21-12-7-6-8-13-21/h6-9,12-13,15-17,22,24,27H,2,5,10-11,14,18,25-26H2,1,3-4H3/b15-9-,20-17+,23-16+. The molecule has 1 rings (SSSR count). The lowest BCUT2D eigenvalue weighted by Gasteiger charge is -2.16. The summed E-state index contributed by atoms with van der Waals surface area (Å²) in [7, 11) is 0. The third-order valence-corrected chi connectivity index (χ3v) is 4.54. The largest absolute Gasteiger partial charge is 0.399 e. The maximum Gasteiger partial charge on any atom is 0.0465 e. The molecule has 0 radical (unpaired) electrons. The predicted molar refractivity (Wildman–Crippen MR) is 119 cm³/mol. The van der Waals surface area contributed by atoms with E-state index in [0.29, 0.717) is 0 Å². The fourth-order valence-electron chi connectivity index (χ4n) is 2.67. The molecule has 3 nitrogen and oxygen atoms in total. The van der Waals surface area contributed by atoms with E-state index in [1.807, 2.05) is 12.1 Å². The van der Waals surface area contributed by atoms with Gasteiger partial charge < -0.3 is 16.8 Å². The number of nitrogens with one attached hydrogen (secondary N) is 1. The van der Waals surface area contributed by atoms with Crippen LogP contribution < -0.4 is 16.8 Å². The van der Waals surface area contributed by atoms with Crippen molar-refractivity contribution in [3.8, 4) is 0 Å². The quantitative estimate of drug-likeness (QED) is 0.361. The fourth-order valence-corrected chi connectivity index (χ4v) is 2.67. The van der Waals surface area contributed by atoms with E-state index in [-0.39, 0.29) is 12.1 Å². The zero-order valence-corrected chi connectivity index (χ0v) is 17.2. The Morgan fingerprint density at radius 3 is 2.56 bits per heavy atom. The van der Waals surface area contributed by atoms with Crippen LogP contribution in [0.15, 0.2) is 78.1 Å². The summed E-state index contributed by atoms with van der Waals surface area (Å²) < 4.78 is 0. The van der Waals surface area contributed by atoms with E-state index in [0.717, 1.165) is 43.5 Å². The molecular weight excluding hydrogens is 330 g/mol. The molecule has 0 aliphatic carbocycles. The Bertz CT molecular complexity index is 641. The van der Waals surface area contributed by atoms with Crippen LogP contribution in [0.1, 0.15) is 52.0 Å². The fraction of sp³-hybridized carbons (Fsp3) is 0.417. The number of hydrogen-bond acceptors (Lipinski definition) is 3. The van der Waals surface area contributed by atoms with Crippen molar-refractivity contribution in [2.45, 2.75) is 65.1 Å². The molecule has 0 aliphatic heterocycles. The Morgan fingerprint density at radius 1 is 1.22 bits per heavy atom. The van der Waals surface area contributed by atoms with Gasteiger partial charge in [0.05, 0.1) is 0 Å². The molecule has 0 heterocycles. The number of allylic oxidation sites excluding steroid dienone is 4. The van der Waals surface area contributed by atoms with Crippen LogP contribution in [0.2, 0.25) is 0 Å². The van der Waals surface area contributed by atoms with Crippen molar-refractivity contribution in [2.24, 2.45) is 11.5 Å². The number of benzene rings is 1. The van der Waals surface area contributed by atoms with Gasteiger partial charge >= 0.3 is 0 Å². The lowest BCUT2D eigenvalue weighted by atomic mass is 10.0. The van der Waals surface area contributed by atoms with Crippen LogP contribution in [0.25, 0.3) is 0 Å². The van der Waals surface area contributed by atoms with Gasteiger partial charge in [-0.1, -0.05) is 73.2 Å². The molecule has 0 fully saturated rings. The molecule has 0 bridgehead atoms. The summed E-state index contributed by atoms with van der Waals surface area (Å²) in [6.45, 7) is 11.3. The Hall–Kier alpha value is -2.10. The summed E-state index contributed by atoms with van der Waals surface area (Å²) >= 11 is 0. The lowest BCUT2D eigenvalue weighted by Crippen LogP contribution is -2.27. The van der Waals surface area contributed by atoms with Crippen LogP contribution in [0.4, 0.5) is 0 Å². The van der Waals surface area contributed by atoms with Crippen molar-refractivity contribution in [1.82, 2.24) is 5.32 Å². The Labute approximate surface area is 165 Å². The molecule has 0 spiro atoms. The van der Waals surface area contributed by atoms with Crippen LogP contribution in [-0.2, 0) is 6.54 Å². The van der Waals surface area contributed by atoms with Crippen LogP contribution >= 0.6 is 0 Å². The maximum atomic E-state index is 6.04. The highest BCUT2D eigenvalue weighted by Gasteiger charge is 2.06. The Kier molecular flexibility index (Phi) is 11.2. The van der Waals surface area contributed by atoms with Crippen LogP contribution in [0.5, 0.6) is 0 Å². The van der Waals surface area contributed by atoms with Crippen LogP contribution in [0.3, 0.4) is 0 Å². The average molecular weight is 368 g/mol. The van der Waals surface area contributed by atoms with Crippen molar-refractivity contribution in [3.05, 3.63) is 83.6 Å². The molecule has 1 aromatic rings. The first-order chi connectivity index (χ1) is 12.9. The first kappa shape index (κ1) is 22.9. The van der Waals surface area contributed by atoms with Gasteiger partial charge in [-0.05, 0) is 51.2 Å². The molecule has 3 heteroatoms. The summed E-state index contributed by atoms with van der Waals surface area (Å²) in [5.74, 6) is 0. The third-order valence-electron chi connectivity index (χ3n) is 4.54. The van der Waals surface area contributed by atoms with Crippen molar-refractivity contribution in [2.75, 3.05) is 0 Å². The Morgan fingerprint density at radius 2 is 1.93 bits per heavy atom. The van der Waals surface area contributed by atoms with Crippen molar-refractivity contribution in [1.29, 1.82) is 0 Å². The molecule has 2 unspecified atom stereocenters. The molecule has 2 atom stereocenters. The number of rotatable bonds is 12. The molecule has 0 amide bonds. The third kappa shape index (κ3) is 10.6. The first-order valence-corrected chi connectivity index (χ1v) is 9.90. The second-order valence-electron chi connectivity index (χ2n) is 7.26. The van der Waals surface area contributed by atoms with E-state index in [1.54, 1.807) is 0 Å². The van der Waals surface area contributed by atoms with Gasteiger partial charge in [0.1, 0.15) is 0 Å². The number of hydrogen-bond donors (Lipinski definition) is 3. The van der Waals surface area contributed by atoms with Crippen molar-refractivity contribution < 1.29 is 0 Å². The monoisotopic (exact) mass is 367 g/mol. The van der Waals surface area contributed by atoms with Crippen molar-refractivity contribution in [3.63, 3.8) is 0 Å². The van der Waals surface area contributed by atoms with Gasteiger partial charge in [-0.2, -0.15) is 0 Å². The minimum atomic E-state index is 0.169. The molecule has 27 heavy (non-hydrogen) atoms. The van der Waals surface area contributed by atoms with Gasteiger partial charge in [-0.3, -0.25) is 0 Å². The highest BCUT2D eigenvalue weighted by Crippen LogP contribution is 2.10. The van der Waals surface area contributed by atoms with Gasteiger partial charge in [0.25, 0.3) is 0 Å². The minimum Gasteiger partial charge on any atom is -0.399 e. The predicted octanol–water partition coefficient (Wildman–Crippen LogP) is 4.97. The molecule has 1 aromatic carbocycles. The van der Waals surface area contributed by atoms with E-state index >= 15 is 0 Å². The summed E-state index contributed by atoms with van der Waals surface area (Å²) in [5, 5.41) is 3.56. The summed E-state index contributed by atoms with van der Waals surface area (Å²) in [5.41, 5.74) is 16.4. The highest BCUT2D eigenvalue weighted by atomic mass is 14.9. The molecule has 0 aliphatic rings. The van der Waals surface area contributed by atoms with Crippen LogP contribution in [-0.4, -0.2) is 12.1 Å². The average Bonchev–Trinajstić information content (AvgIpc) is 2.65. The molecule has 5 N–H and O–H groups in total. The zero-order valence-electron chi connectivity index (χ0n) is 17.2. The highest BCUT2D eigenvalue weighted by molar-refractivity contribution is 5.22. The molecule has 0 aromatic heterocycles. The van der Waals surface area contributed by atoms with Gasteiger partial charge in [0.2, 0.25) is 0 Å². The number of nitrogens with two attached hydrogens (primary N) is 2. The molecular formula is C24H37N3. The Balaban J connectivity index is 2.51.